The fraction of sp³-hybridized carbons (Fsp3) is 0.323. The normalized spacial score (nSPS) is 14.8. The SMILES string of the molecule is CCOc1ccccc1N(CC(=O)N/N=C\c1ccc(OCC(=O)NC[C@@H]2CCCO2)cc1)S(=O)(=O)c1ccc(C)cc1. The molecule has 0 saturated carbocycles. The van der Waals surface area contributed by atoms with Crippen LogP contribution in [0.25, 0.3) is 0 Å². The first-order chi connectivity index (χ1) is 20.8. The summed E-state index contributed by atoms with van der Waals surface area (Å²) in [6, 6.07) is 19.8. The van der Waals surface area contributed by atoms with Gasteiger partial charge in [0.2, 0.25) is 0 Å². The standard InChI is InChI=1S/C31H36N4O7S/c1-3-40-29-9-5-4-8-28(29)35(43(38,39)27-16-10-23(2)11-17-27)21-30(36)34-33-19-24-12-14-25(15-13-24)42-22-31(37)32-20-26-7-6-18-41-26/h4-5,8-17,19,26H,3,6-7,18,20-22H2,1-2H3,(H,32,37)(H,34,36)/b33-19-/t26-/m0/s1. The van der Waals surface area contributed by atoms with Gasteiger partial charge in [-0.25, -0.2) is 13.8 Å². The third-order valence-electron chi connectivity index (χ3n) is 6.53. The van der Waals surface area contributed by atoms with Crippen LogP contribution in [0.3, 0.4) is 0 Å². The smallest absolute Gasteiger partial charge is 0.264 e. The lowest BCUT2D eigenvalue weighted by Gasteiger charge is -2.25. The van der Waals surface area contributed by atoms with E-state index >= 15 is 0 Å². The molecule has 3 aromatic carbocycles. The van der Waals surface area contributed by atoms with Gasteiger partial charge in [-0.3, -0.25) is 13.9 Å². The monoisotopic (exact) mass is 608 g/mol. The first kappa shape index (κ1) is 31.5. The van der Waals surface area contributed by atoms with Gasteiger partial charge in [0.1, 0.15) is 18.0 Å². The van der Waals surface area contributed by atoms with Gasteiger partial charge >= 0.3 is 0 Å². The molecular formula is C31H36N4O7S. The van der Waals surface area contributed by atoms with E-state index in [0.717, 1.165) is 29.3 Å². The number of amides is 2. The summed E-state index contributed by atoms with van der Waals surface area (Å²) < 4.78 is 45.0. The number of para-hydroxylation sites is 2. The lowest BCUT2D eigenvalue weighted by molar-refractivity contribution is -0.123. The number of nitrogens with one attached hydrogen (secondary N) is 2. The van der Waals surface area contributed by atoms with E-state index in [-0.39, 0.29) is 29.2 Å². The summed E-state index contributed by atoms with van der Waals surface area (Å²) in [6.45, 7) is 4.52. The number of benzene rings is 3. The molecule has 1 aliphatic rings. The molecule has 228 valence electrons. The predicted octanol–water partition coefficient (Wildman–Crippen LogP) is 3.41. The van der Waals surface area contributed by atoms with E-state index in [0.29, 0.717) is 30.2 Å². The Morgan fingerprint density at radius 1 is 1.02 bits per heavy atom. The molecule has 1 saturated heterocycles. The average Bonchev–Trinajstić information content (AvgIpc) is 3.53. The van der Waals surface area contributed by atoms with E-state index in [1.165, 1.54) is 18.3 Å². The number of carbonyl (C=O) groups excluding carboxylic acids is 2. The van der Waals surface area contributed by atoms with Crippen LogP contribution < -0.4 is 24.5 Å². The molecule has 1 aliphatic heterocycles. The van der Waals surface area contributed by atoms with Crippen molar-refractivity contribution in [2.24, 2.45) is 5.10 Å². The Bertz CT molecular complexity index is 1500. The third-order valence-corrected chi connectivity index (χ3v) is 8.31. The number of carbonyl (C=O) groups is 2. The van der Waals surface area contributed by atoms with Crippen LogP contribution in [0.2, 0.25) is 0 Å². The van der Waals surface area contributed by atoms with Gasteiger partial charge in [0.05, 0.1) is 29.5 Å². The van der Waals surface area contributed by atoms with Crippen LogP contribution in [0, 0.1) is 6.92 Å². The maximum absolute atomic E-state index is 13.7. The highest BCUT2D eigenvalue weighted by atomic mass is 32.2. The molecule has 2 N–H and O–H groups in total. The largest absolute Gasteiger partial charge is 0.492 e. The molecule has 0 unspecified atom stereocenters. The molecule has 11 nitrogen and oxygen atoms in total. The quantitative estimate of drug-likeness (QED) is 0.212. The molecular weight excluding hydrogens is 572 g/mol. The number of nitrogens with zero attached hydrogens (tertiary/aromatic N) is 2. The third kappa shape index (κ3) is 9.03. The Morgan fingerprint density at radius 3 is 2.47 bits per heavy atom. The van der Waals surface area contributed by atoms with Gasteiger partial charge in [0.15, 0.2) is 6.61 Å². The van der Waals surface area contributed by atoms with Gasteiger partial charge in [-0.15, -0.1) is 0 Å². The molecule has 4 rings (SSSR count). The van der Waals surface area contributed by atoms with Gasteiger partial charge in [-0.2, -0.15) is 5.10 Å². The van der Waals surface area contributed by atoms with Crippen molar-refractivity contribution in [3.63, 3.8) is 0 Å². The fourth-order valence-corrected chi connectivity index (χ4v) is 5.74. The maximum atomic E-state index is 13.7. The minimum Gasteiger partial charge on any atom is -0.492 e. The second-order valence-corrected chi connectivity index (χ2v) is 11.7. The Hall–Kier alpha value is -4.42. The first-order valence-electron chi connectivity index (χ1n) is 14.0. The number of hydrogen-bond donors (Lipinski definition) is 2. The number of rotatable bonds is 14. The number of ether oxygens (including phenoxy) is 3. The van der Waals surface area contributed by atoms with Crippen molar-refractivity contribution in [2.45, 2.75) is 37.7 Å². The van der Waals surface area contributed by atoms with Gasteiger partial charge < -0.3 is 19.5 Å². The average molecular weight is 609 g/mol. The highest BCUT2D eigenvalue weighted by molar-refractivity contribution is 7.92. The fourth-order valence-electron chi connectivity index (χ4n) is 4.31. The lowest BCUT2D eigenvalue weighted by atomic mass is 10.2. The zero-order valence-electron chi connectivity index (χ0n) is 24.2. The van der Waals surface area contributed by atoms with Crippen molar-refractivity contribution in [1.82, 2.24) is 10.7 Å². The molecule has 0 spiro atoms. The van der Waals surface area contributed by atoms with Crippen LogP contribution in [-0.2, 0) is 24.3 Å². The van der Waals surface area contributed by atoms with Crippen LogP contribution in [-0.4, -0.2) is 65.5 Å². The Labute approximate surface area is 251 Å². The van der Waals surface area contributed by atoms with Crippen LogP contribution in [0.1, 0.15) is 30.9 Å². The topological polar surface area (TPSA) is 136 Å². The zero-order chi connectivity index (χ0) is 30.7. The summed E-state index contributed by atoms with van der Waals surface area (Å²) >= 11 is 0. The van der Waals surface area contributed by atoms with Crippen molar-refractivity contribution in [1.29, 1.82) is 0 Å². The number of aryl methyl sites for hydroxylation is 1. The van der Waals surface area contributed by atoms with E-state index in [2.05, 4.69) is 15.8 Å². The Kier molecular flexibility index (Phi) is 11.1. The molecule has 1 heterocycles. The van der Waals surface area contributed by atoms with Crippen molar-refractivity contribution in [3.8, 4) is 11.5 Å². The zero-order valence-corrected chi connectivity index (χ0v) is 25.0. The molecule has 2 amide bonds. The molecule has 0 bridgehead atoms. The molecule has 43 heavy (non-hydrogen) atoms. The van der Waals surface area contributed by atoms with E-state index in [1.54, 1.807) is 67.6 Å². The van der Waals surface area contributed by atoms with E-state index in [4.69, 9.17) is 14.2 Å². The summed E-state index contributed by atoms with van der Waals surface area (Å²) in [4.78, 5) is 25.0. The molecule has 0 aromatic heterocycles. The minimum atomic E-state index is -4.12. The van der Waals surface area contributed by atoms with E-state index < -0.39 is 22.5 Å². The molecule has 0 radical (unpaired) electrons. The predicted molar refractivity (Wildman–Crippen MR) is 163 cm³/mol. The minimum absolute atomic E-state index is 0.0447. The molecule has 3 aromatic rings. The van der Waals surface area contributed by atoms with Gasteiger partial charge in [-0.05, 0) is 80.8 Å². The highest BCUT2D eigenvalue weighted by Crippen LogP contribution is 2.32. The van der Waals surface area contributed by atoms with Crippen LogP contribution in [0.5, 0.6) is 11.5 Å². The van der Waals surface area contributed by atoms with Gasteiger partial charge in [-0.1, -0.05) is 29.8 Å². The second kappa shape index (κ2) is 15.2. The summed E-state index contributed by atoms with van der Waals surface area (Å²) in [7, 11) is -4.12. The molecule has 0 aliphatic carbocycles. The molecule has 1 atom stereocenters. The number of hydrazone groups is 1. The maximum Gasteiger partial charge on any atom is 0.264 e. The summed E-state index contributed by atoms with van der Waals surface area (Å²) in [5.74, 6) is -0.0450. The molecule has 1 fully saturated rings. The van der Waals surface area contributed by atoms with E-state index in [1.807, 2.05) is 6.92 Å². The van der Waals surface area contributed by atoms with Crippen LogP contribution >= 0.6 is 0 Å². The van der Waals surface area contributed by atoms with Crippen LogP contribution in [0.4, 0.5) is 5.69 Å². The number of sulfonamides is 1. The van der Waals surface area contributed by atoms with Crippen molar-refractivity contribution in [2.75, 3.05) is 37.2 Å². The van der Waals surface area contributed by atoms with Crippen molar-refractivity contribution < 1.29 is 32.2 Å². The number of anilines is 1. The van der Waals surface area contributed by atoms with Crippen molar-refractivity contribution in [3.05, 3.63) is 83.9 Å². The lowest BCUT2D eigenvalue weighted by Crippen LogP contribution is -2.39. The van der Waals surface area contributed by atoms with Crippen molar-refractivity contribution >= 4 is 33.7 Å². The molecule has 12 heteroatoms. The summed E-state index contributed by atoms with van der Waals surface area (Å²) in [6.07, 6.45) is 3.43. The highest BCUT2D eigenvalue weighted by Gasteiger charge is 2.29. The van der Waals surface area contributed by atoms with Crippen LogP contribution in [0.15, 0.2) is 82.8 Å². The Morgan fingerprint density at radius 2 is 1.77 bits per heavy atom. The number of hydrogen-bond acceptors (Lipinski definition) is 8. The van der Waals surface area contributed by atoms with E-state index in [9.17, 15) is 18.0 Å². The summed E-state index contributed by atoms with van der Waals surface area (Å²) in [5.41, 5.74) is 4.19. The van der Waals surface area contributed by atoms with Gasteiger partial charge in [0, 0.05) is 13.2 Å². The van der Waals surface area contributed by atoms with Gasteiger partial charge in [0.25, 0.3) is 21.8 Å². The second-order valence-electron chi connectivity index (χ2n) is 9.82. The first-order valence-corrected chi connectivity index (χ1v) is 15.4. The Balaban J connectivity index is 1.36. The summed E-state index contributed by atoms with van der Waals surface area (Å²) in [5, 5.41) is 6.79.